The maximum Gasteiger partial charge on any atom is 0.255 e. The molecule has 0 atom stereocenters. The van der Waals surface area contributed by atoms with E-state index >= 15 is 0 Å². The first-order valence-electron chi connectivity index (χ1n) is 4.85. The van der Waals surface area contributed by atoms with Gasteiger partial charge < -0.3 is 10.2 Å². The lowest BCUT2D eigenvalue weighted by atomic mass is 10.4. The summed E-state index contributed by atoms with van der Waals surface area (Å²) in [6.07, 6.45) is 3.15. The van der Waals surface area contributed by atoms with Crippen LogP contribution in [0.25, 0.3) is 10.2 Å². The summed E-state index contributed by atoms with van der Waals surface area (Å²) in [6.45, 7) is 0. The average molecular weight is 264 g/mol. The van der Waals surface area contributed by atoms with E-state index in [1.807, 2.05) is 11.4 Å². The summed E-state index contributed by atoms with van der Waals surface area (Å²) in [6, 6.07) is 1.93. The fourth-order valence-electron chi connectivity index (χ4n) is 1.40. The van der Waals surface area contributed by atoms with Crippen molar-refractivity contribution in [2.45, 2.75) is 11.0 Å². The van der Waals surface area contributed by atoms with Crippen LogP contribution < -0.4 is 5.73 Å². The zero-order chi connectivity index (χ0) is 11.7. The summed E-state index contributed by atoms with van der Waals surface area (Å²) in [5, 5.41) is 3.49. The summed E-state index contributed by atoms with van der Waals surface area (Å²) in [5.41, 5.74) is 5.86. The molecule has 0 aliphatic heterocycles. The lowest BCUT2D eigenvalue weighted by molar-refractivity contribution is 0.454. The third kappa shape index (κ3) is 2.11. The molecular formula is C10H8N4OS2. The Morgan fingerprint density at radius 1 is 1.41 bits per heavy atom. The number of hydrogen-bond acceptors (Lipinski definition) is 7. The second-order valence-corrected chi connectivity index (χ2v) is 5.07. The molecule has 0 saturated carbocycles. The molecule has 3 aromatic rings. The molecule has 3 aromatic heterocycles. The maximum atomic E-state index is 5.86. The summed E-state index contributed by atoms with van der Waals surface area (Å²) in [7, 11) is 0. The van der Waals surface area contributed by atoms with Crippen molar-refractivity contribution in [3.8, 4) is 0 Å². The van der Waals surface area contributed by atoms with Gasteiger partial charge in [-0.2, -0.15) is 0 Å². The van der Waals surface area contributed by atoms with Crippen LogP contribution in [-0.2, 0) is 5.75 Å². The Labute approximate surface area is 105 Å². The second-order valence-electron chi connectivity index (χ2n) is 3.25. The Kier molecular flexibility index (Phi) is 2.69. The number of anilines is 1. The van der Waals surface area contributed by atoms with Crippen molar-refractivity contribution in [2.24, 2.45) is 0 Å². The molecule has 17 heavy (non-hydrogen) atoms. The van der Waals surface area contributed by atoms with Gasteiger partial charge in [-0.1, -0.05) is 11.8 Å². The highest BCUT2D eigenvalue weighted by molar-refractivity contribution is 7.98. The maximum absolute atomic E-state index is 5.86. The van der Waals surface area contributed by atoms with Crippen LogP contribution in [0.3, 0.4) is 0 Å². The monoisotopic (exact) mass is 264 g/mol. The van der Waals surface area contributed by atoms with Crippen molar-refractivity contribution < 1.29 is 4.42 Å². The molecule has 0 fully saturated rings. The van der Waals surface area contributed by atoms with E-state index in [1.165, 1.54) is 11.8 Å². The molecule has 0 radical (unpaired) electrons. The molecule has 3 heterocycles. The van der Waals surface area contributed by atoms with Crippen LogP contribution in [0.1, 0.15) is 5.82 Å². The van der Waals surface area contributed by atoms with Gasteiger partial charge in [0.1, 0.15) is 22.7 Å². The van der Waals surface area contributed by atoms with Crippen molar-refractivity contribution in [3.05, 3.63) is 29.7 Å². The van der Waals surface area contributed by atoms with Crippen molar-refractivity contribution in [1.29, 1.82) is 0 Å². The highest BCUT2D eigenvalue weighted by atomic mass is 32.2. The second kappa shape index (κ2) is 4.34. The lowest BCUT2D eigenvalue weighted by Gasteiger charge is -2.00. The number of rotatable bonds is 3. The standard InChI is InChI=1S/C10H8N4OS2/c11-8-6-1-4-16-9(6)14-7(13-8)5-17-10-12-2-3-15-10/h1-4H,5H2,(H2,11,13,14). The first kappa shape index (κ1) is 10.5. The van der Waals surface area contributed by atoms with Crippen molar-refractivity contribution in [1.82, 2.24) is 15.0 Å². The predicted molar refractivity (Wildman–Crippen MR) is 67.9 cm³/mol. The third-order valence-corrected chi connectivity index (χ3v) is 3.79. The zero-order valence-corrected chi connectivity index (χ0v) is 10.3. The van der Waals surface area contributed by atoms with Gasteiger partial charge in [-0.25, -0.2) is 15.0 Å². The molecular weight excluding hydrogens is 256 g/mol. The molecule has 0 aliphatic rings. The van der Waals surface area contributed by atoms with Gasteiger partial charge in [-0.05, 0) is 11.4 Å². The summed E-state index contributed by atoms with van der Waals surface area (Å²) in [5.74, 6) is 1.82. The Morgan fingerprint density at radius 3 is 3.18 bits per heavy atom. The summed E-state index contributed by atoms with van der Waals surface area (Å²) < 4.78 is 5.13. The van der Waals surface area contributed by atoms with Crippen LogP contribution in [0.2, 0.25) is 0 Å². The largest absolute Gasteiger partial charge is 0.440 e. The molecule has 0 amide bonds. The van der Waals surface area contributed by atoms with Gasteiger partial charge in [0.2, 0.25) is 0 Å². The normalized spacial score (nSPS) is 11.1. The third-order valence-electron chi connectivity index (χ3n) is 2.14. The molecule has 3 rings (SSSR count). The van der Waals surface area contributed by atoms with Gasteiger partial charge in [0.05, 0.1) is 17.3 Å². The van der Waals surface area contributed by atoms with Crippen LogP contribution in [0, 0.1) is 0 Å². The average Bonchev–Trinajstić information content (AvgIpc) is 2.97. The SMILES string of the molecule is Nc1nc(CSc2ncco2)nc2sccc12. The fraction of sp³-hybridized carbons (Fsp3) is 0.100. The molecule has 2 N–H and O–H groups in total. The minimum Gasteiger partial charge on any atom is -0.440 e. The Morgan fingerprint density at radius 2 is 2.35 bits per heavy atom. The van der Waals surface area contributed by atoms with E-state index in [0.717, 1.165) is 10.2 Å². The number of nitrogen functional groups attached to an aromatic ring is 1. The van der Waals surface area contributed by atoms with E-state index in [9.17, 15) is 0 Å². The van der Waals surface area contributed by atoms with Gasteiger partial charge in [0.15, 0.2) is 0 Å². The molecule has 0 aromatic carbocycles. The number of thiophene rings is 1. The Balaban J connectivity index is 1.85. The minimum atomic E-state index is 0.527. The Hall–Kier alpha value is -1.60. The van der Waals surface area contributed by atoms with E-state index in [-0.39, 0.29) is 0 Å². The molecule has 5 nitrogen and oxygen atoms in total. The topological polar surface area (TPSA) is 77.8 Å². The molecule has 0 bridgehead atoms. The van der Waals surface area contributed by atoms with E-state index in [4.69, 9.17) is 10.2 Å². The number of nitrogens with two attached hydrogens (primary N) is 1. The van der Waals surface area contributed by atoms with Crippen LogP contribution >= 0.6 is 23.1 Å². The molecule has 0 aliphatic carbocycles. The molecule has 0 spiro atoms. The Bertz CT molecular complexity index is 635. The molecule has 0 unspecified atom stereocenters. The number of fused-ring (bicyclic) bond motifs is 1. The van der Waals surface area contributed by atoms with Gasteiger partial charge in [0.25, 0.3) is 5.22 Å². The first-order chi connectivity index (χ1) is 8.33. The van der Waals surface area contributed by atoms with Gasteiger partial charge >= 0.3 is 0 Å². The molecule has 7 heteroatoms. The highest BCUT2D eigenvalue weighted by Gasteiger charge is 2.07. The number of thioether (sulfide) groups is 1. The first-order valence-corrected chi connectivity index (χ1v) is 6.71. The van der Waals surface area contributed by atoms with Crippen LogP contribution in [0.15, 0.2) is 33.5 Å². The van der Waals surface area contributed by atoms with Gasteiger partial charge in [-0.3, -0.25) is 0 Å². The smallest absolute Gasteiger partial charge is 0.255 e. The van der Waals surface area contributed by atoms with E-state index in [2.05, 4.69) is 15.0 Å². The lowest BCUT2D eigenvalue weighted by Crippen LogP contribution is -1.98. The van der Waals surface area contributed by atoms with Gasteiger partial charge in [-0.15, -0.1) is 11.3 Å². The van der Waals surface area contributed by atoms with E-state index in [0.29, 0.717) is 22.6 Å². The number of aromatic nitrogens is 3. The predicted octanol–water partition coefficient (Wildman–Crippen LogP) is 2.55. The van der Waals surface area contributed by atoms with Crippen LogP contribution in [0.4, 0.5) is 5.82 Å². The van der Waals surface area contributed by atoms with Crippen molar-refractivity contribution >= 4 is 39.1 Å². The summed E-state index contributed by atoms with van der Waals surface area (Å²) in [4.78, 5) is 13.6. The molecule has 86 valence electrons. The van der Waals surface area contributed by atoms with Crippen LogP contribution in [-0.4, -0.2) is 15.0 Å². The number of oxazole rings is 1. The molecule has 0 saturated heterocycles. The quantitative estimate of drug-likeness (QED) is 0.732. The van der Waals surface area contributed by atoms with Crippen LogP contribution in [0.5, 0.6) is 0 Å². The summed E-state index contributed by atoms with van der Waals surface area (Å²) >= 11 is 3.01. The fourth-order valence-corrected chi connectivity index (χ4v) is 2.83. The van der Waals surface area contributed by atoms with Gasteiger partial charge in [0, 0.05) is 0 Å². The number of hydrogen-bond donors (Lipinski definition) is 1. The highest BCUT2D eigenvalue weighted by Crippen LogP contribution is 2.25. The number of nitrogens with zero attached hydrogens (tertiary/aromatic N) is 3. The van der Waals surface area contributed by atoms with Crippen molar-refractivity contribution in [3.63, 3.8) is 0 Å². The van der Waals surface area contributed by atoms with Crippen molar-refractivity contribution in [2.75, 3.05) is 5.73 Å². The van der Waals surface area contributed by atoms with E-state index in [1.54, 1.807) is 23.8 Å². The van der Waals surface area contributed by atoms with E-state index < -0.39 is 0 Å². The zero-order valence-electron chi connectivity index (χ0n) is 8.66. The minimum absolute atomic E-state index is 0.527.